The highest BCUT2D eigenvalue weighted by molar-refractivity contribution is 7.89. The zero-order valence-electron chi connectivity index (χ0n) is 11.2. The first-order chi connectivity index (χ1) is 8.30. The van der Waals surface area contributed by atoms with E-state index in [9.17, 15) is 8.42 Å². The minimum Gasteiger partial charge on any atom is -0.207 e. The second-order valence-corrected chi connectivity index (χ2v) is 7.28. The maximum absolute atomic E-state index is 11.9. The topological polar surface area (TPSA) is 37.4 Å². The number of benzene rings is 1. The lowest BCUT2D eigenvalue weighted by atomic mass is 9.96. The second kappa shape index (κ2) is 6.04. The predicted octanol–water partition coefficient (Wildman–Crippen LogP) is 3.06. The van der Waals surface area contributed by atoms with Crippen LogP contribution in [0.3, 0.4) is 0 Å². The third-order valence-electron chi connectivity index (χ3n) is 3.12. The first-order valence-corrected chi connectivity index (χ1v) is 7.85. The zero-order valence-corrected chi connectivity index (χ0v) is 12.8. The Bertz CT molecular complexity index is 482. The standard InChI is InChI=1S/C13H20ClNO2S/c1-5-13(14)10(2)11-6-8-12(9-7-11)18(16,17)15(3)4/h6-10,13H,5H2,1-4H3. The molecule has 0 N–H and O–H groups in total. The largest absolute Gasteiger partial charge is 0.242 e. The molecule has 0 aromatic heterocycles. The van der Waals surface area contributed by atoms with Crippen molar-refractivity contribution < 1.29 is 8.42 Å². The molecule has 2 atom stereocenters. The summed E-state index contributed by atoms with van der Waals surface area (Å²) in [5.41, 5.74) is 1.06. The van der Waals surface area contributed by atoms with Crippen LogP contribution in [0.25, 0.3) is 0 Å². The Balaban J connectivity index is 3.01. The van der Waals surface area contributed by atoms with Crippen molar-refractivity contribution in [2.24, 2.45) is 0 Å². The summed E-state index contributed by atoms with van der Waals surface area (Å²) in [6.07, 6.45) is 0.889. The van der Waals surface area contributed by atoms with Gasteiger partial charge in [0.25, 0.3) is 0 Å². The van der Waals surface area contributed by atoms with Crippen LogP contribution in [0, 0.1) is 0 Å². The monoisotopic (exact) mass is 289 g/mol. The molecule has 0 bridgehead atoms. The lowest BCUT2D eigenvalue weighted by Crippen LogP contribution is -2.22. The molecule has 0 amide bonds. The lowest BCUT2D eigenvalue weighted by molar-refractivity contribution is 0.520. The van der Waals surface area contributed by atoms with Gasteiger partial charge in [0.05, 0.1) is 4.90 Å². The molecule has 3 nitrogen and oxygen atoms in total. The van der Waals surface area contributed by atoms with Gasteiger partial charge in [0.1, 0.15) is 0 Å². The Hall–Kier alpha value is -0.580. The normalized spacial score (nSPS) is 15.7. The van der Waals surface area contributed by atoms with E-state index in [1.54, 1.807) is 12.1 Å². The first kappa shape index (κ1) is 15.5. The molecule has 0 aliphatic heterocycles. The van der Waals surface area contributed by atoms with Crippen LogP contribution in [0.4, 0.5) is 0 Å². The van der Waals surface area contributed by atoms with Crippen LogP contribution < -0.4 is 0 Å². The van der Waals surface area contributed by atoms with Crippen molar-refractivity contribution in [3.05, 3.63) is 29.8 Å². The average Bonchev–Trinajstić information content (AvgIpc) is 2.36. The molecule has 18 heavy (non-hydrogen) atoms. The third-order valence-corrected chi connectivity index (χ3v) is 5.63. The molecular weight excluding hydrogens is 270 g/mol. The summed E-state index contributed by atoms with van der Waals surface area (Å²) < 4.78 is 25.0. The maximum Gasteiger partial charge on any atom is 0.242 e. The summed E-state index contributed by atoms with van der Waals surface area (Å²) in [5.74, 6) is 0.216. The van der Waals surface area contributed by atoms with Gasteiger partial charge in [-0.05, 0) is 30.0 Å². The average molecular weight is 290 g/mol. The van der Waals surface area contributed by atoms with Gasteiger partial charge in [-0.3, -0.25) is 0 Å². The first-order valence-electron chi connectivity index (χ1n) is 5.97. The molecule has 1 aromatic rings. The van der Waals surface area contributed by atoms with E-state index in [1.807, 2.05) is 19.1 Å². The number of sulfonamides is 1. The SMILES string of the molecule is CCC(Cl)C(C)c1ccc(S(=O)(=O)N(C)C)cc1. The van der Waals surface area contributed by atoms with E-state index in [1.165, 1.54) is 18.4 Å². The van der Waals surface area contributed by atoms with Gasteiger partial charge in [0.15, 0.2) is 0 Å². The van der Waals surface area contributed by atoms with Gasteiger partial charge >= 0.3 is 0 Å². The molecule has 2 unspecified atom stereocenters. The van der Waals surface area contributed by atoms with Crippen LogP contribution in [0.2, 0.25) is 0 Å². The van der Waals surface area contributed by atoms with Crippen LogP contribution in [0.1, 0.15) is 31.7 Å². The minimum atomic E-state index is -3.34. The molecule has 1 aromatic carbocycles. The van der Waals surface area contributed by atoms with E-state index in [0.717, 1.165) is 12.0 Å². The molecule has 5 heteroatoms. The Morgan fingerprint density at radius 1 is 1.22 bits per heavy atom. The summed E-state index contributed by atoms with van der Waals surface area (Å²) in [7, 11) is -0.294. The summed E-state index contributed by atoms with van der Waals surface area (Å²) in [6, 6.07) is 6.96. The number of nitrogens with zero attached hydrogens (tertiary/aromatic N) is 1. The van der Waals surface area contributed by atoms with E-state index >= 15 is 0 Å². The molecule has 0 aliphatic carbocycles. The Morgan fingerprint density at radius 3 is 2.11 bits per heavy atom. The van der Waals surface area contributed by atoms with Crippen molar-refractivity contribution in [3.63, 3.8) is 0 Å². The quantitative estimate of drug-likeness (QED) is 0.781. The van der Waals surface area contributed by atoms with Crippen LogP contribution in [0.15, 0.2) is 29.2 Å². The fourth-order valence-corrected chi connectivity index (χ4v) is 2.76. The van der Waals surface area contributed by atoms with Crippen molar-refractivity contribution in [2.75, 3.05) is 14.1 Å². The van der Waals surface area contributed by atoms with Gasteiger partial charge in [0.2, 0.25) is 10.0 Å². The van der Waals surface area contributed by atoms with Gasteiger partial charge in [0, 0.05) is 19.5 Å². The van der Waals surface area contributed by atoms with Crippen molar-refractivity contribution in [1.29, 1.82) is 0 Å². The Morgan fingerprint density at radius 2 is 1.72 bits per heavy atom. The van der Waals surface area contributed by atoms with E-state index in [4.69, 9.17) is 11.6 Å². The van der Waals surface area contributed by atoms with Crippen LogP contribution in [-0.4, -0.2) is 32.2 Å². The molecule has 0 heterocycles. The van der Waals surface area contributed by atoms with Crippen molar-refractivity contribution in [1.82, 2.24) is 4.31 Å². The number of hydrogen-bond acceptors (Lipinski definition) is 2. The van der Waals surface area contributed by atoms with E-state index in [2.05, 4.69) is 6.92 Å². The molecule has 102 valence electrons. The summed E-state index contributed by atoms with van der Waals surface area (Å²) in [5, 5.41) is 0.0707. The van der Waals surface area contributed by atoms with Crippen molar-refractivity contribution in [3.8, 4) is 0 Å². The molecule has 0 saturated carbocycles. The van der Waals surface area contributed by atoms with E-state index in [-0.39, 0.29) is 11.3 Å². The molecule has 0 saturated heterocycles. The minimum absolute atomic E-state index is 0.0707. The Kier molecular flexibility index (Phi) is 5.20. The van der Waals surface area contributed by atoms with Crippen molar-refractivity contribution in [2.45, 2.75) is 36.5 Å². The van der Waals surface area contributed by atoms with Gasteiger partial charge in [-0.2, -0.15) is 0 Å². The van der Waals surface area contributed by atoms with E-state index < -0.39 is 10.0 Å². The zero-order chi connectivity index (χ0) is 13.9. The highest BCUT2D eigenvalue weighted by atomic mass is 35.5. The molecule has 0 aliphatic rings. The predicted molar refractivity (Wildman–Crippen MR) is 75.7 cm³/mol. The number of rotatable bonds is 5. The van der Waals surface area contributed by atoms with Crippen LogP contribution in [-0.2, 0) is 10.0 Å². The molecule has 0 radical (unpaired) electrons. The van der Waals surface area contributed by atoms with Gasteiger partial charge in [-0.1, -0.05) is 26.0 Å². The van der Waals surface area contributed by atoms with Gasteiger partial charge in [-0.25, -0.2) is 12.7 Å². The number of hydrogen-bond donors (Lipinski definition) is 0. The number of halogens is 1. The molecular formula is C13H20ClNO2S. The molecule has 0 fully saturated rings. The smallest absolute Gasteiger partial charge is 0.207 e. The fraction of sp³-hybridized carbons (Fsp3) is 0.538. The lowest BCUT2D eigenvalue weighted by Gasteiger charge is -2.17. The molecule has 0 spiro atoms. The van der Waals surface area contributed by atoms with Gasteiger partial charge < -0.3 is 0 Å². The Labute approximate surface area is 115 Å². The molecule has 1 rings (SSSR count). The van der Waals surface area contributed by atoms with Crippen molar-refractivity contribution >= 4 is 21.6 Å². The van der Waals surface area contributed by atoms with Crippen LogP contribution in [0.5, 0.6) is 0 Å². The highest BCUT2D eigenvalue weighted by Crippen LogP contribution is 2.26. The summed E-state index contributed by atoms with van der Waals surface area (Å²) in [4.78, 5) is 0.311. The highest BCUT2D eigenvalue weighted by Gasteiger charge is 2.19. The van der Waals surface area contributed by atoms with E-state index in [0.29, 0.717) is 4.90 Å². The second-order valence-electron chi connectivity index (χ2n) is 4.57. The number of alkyl halides is 1. The fourth-order valence-electron chi connectivity index (χ4n) is 1.72. The summed E-state index contributed by atoms with van der Waals surface area (Å²) in [6.45, 7) is 4.09. The summed E-state index contributed by atoms with van der Waals surface area (Å²) >= 11 is 6.20. The maximum atomic E-state index is 11.9. The third kappa shape index (κ3) is 3.25. The van der Waals surface area contributed by atoms with Crippen LogP contribution >= 0.6 is 11.6 Å². The van der Waals surface area contributed by atoms with Gasteiger partial charge in [-0.15, -0.1) is 11.6 Å².